The molecule has 0 saturated carbocycles. The highest BCUT2D eigenvalue weighted by molar-refractivity contribution is 7.89. The van der Waals surface area contributed by atoms with E-state index in [1.807, 2.05) is 18.2 Å². The van der Waals surface area contributed by atoms with Crippen LogP contribution in [-0.2, 0) is 34.8 Å². The number of hydrogen-bond donors (Lipinski definition) is 1. The summed E-state index contributed by atoms with van der Waals surface area (Å²) >= 11 is 0. The van der Waals surface area contributed by atoms with E-state index in [-0.39, 0.29) is 16.2 Å². The normalized spacial score (nSPS) is 17.5. The highest BCUT2D eigenvalue weighted by atomic mass is 32.2. The van der Waals surface area contributed by atoms with E-state index in [0.29, 0.717) is 24.3 Å². The van der Waals surface area contributed by atoms with Crippen molar-refractivity contribution in [3.63, 3.8) is 0 Å². The summed E-state index contributed by atoms with van der Waals surface area (Å²) < 4.78 is 32.9. The number of rotatable bonds is 7. The van der Waals surface area contributed by atoms with Crippen molar-refractivity contribution in [1.82, 2.24) is 19.2 Å². The number of aryl methyl sites for hydroxylation is 1. The lowest BCUT2D eigenvalue weighted by atomic mass is 9.70. The van der Waals surface area contributed by atoms with E-state index in [2.05, 4.69) is 34.6 Å². The van der Waals surface area contributed by atoms with Crippen LogP contribution in [0.25, 0.3) is 0 Å². The number of sulfonamides is 1. The molecule has 1 unspecified atom stereocenters. The Hall–Kier alpha value is -3.76. The molecule has 192 valence electrons. The van der Waals surface area contributed by atoms with E-state index in [4.69, 9.17) is 4.52 Å². The molecule has 2 aromatic heterocycles. The van der Waals surface area contributed by atoms with Crippen molar-refractivity contribution in [3.8, 4) is 0 Å². The minimum atomic E-state index is -3.48. The molecule has 10 heteroatoms. The van der Waals surface area contributed by atoms with Crippen LogP contribution in [0.5, 0.6) is 0 Å². The van der Waals surface area contributed by atoms with Crippen LogP contribution in [0.2, 0.25) is 0 Å². The van der Waals surface area contributed by atoms with Gasteiger partial charge in [0.25, 0.3) is 5.91 Å². The molecule has 1 N–H and O–H groups in total. The van der Waals surface area contributed by atoms with Crippen molar-refractivity contribution in [2.45, 2.75) is 43.0 Å². The van der Waals surface area contributed by atoms with Crippen molar-refractivity contribution in [2.24, 2.45) is 0 Å². The fourth-order valence-electron chi connectivity index (χ4n) is 4.72. The molecule has 1 aliphatic carbocycles. The maximum atomic E-state index is 13.1. The molecule has 37 heavy (non-hydrogen) atoms. The average Bonchev–Trinajstić information content (AvgIpc) is 3.51. The van der Waals surface area contributed by atoms with Gasteiger partial charge >= 0.3 is 0 Å². The number of hydrogen-bond acceptors (Lipinski definition) is 6. The summed E-state index contributed by atoms with van der Waals surface area (Å²) in [5.41, 5.74) is 3.72. The van der Waals surface area contributed by atoms with Gasteiger partial charge in [0.05, 0.1) is 23.3 Å². The first-order valence-electron chi connectivity index (χ1n) is 12.0. The molecule has 2 heterocycles. The highest BCUT2D eigenvalue weighted by Crippen LogP contribution is 2.39. The van der Waals surface area contributed by atoms with Gasteiger partial charge in [-0.3, -0.25) is 9.48 Å². The third kappa shape index (κ3) is 4.94. The van der Waals surface area contributed by atoms with Gasteiger partial charge in [-0.05, 0) is 41.5 Å². The highest BCUT2D eigenvalue weighted by Gasteiger charge is 2.37. The summed E-state index contributed by atoms with van der Waals surface area (Å²) in [7, 11) is -0.478. The van der Waals surface area contributed by atoms with Gasteiger partial charge in [0.15, 0.2) is 5.69 Å². The number of aromatic nitrogens is 3. The maximum absolute atomic E-state index is 13.1. The largest absolute Gasteiger partial charge is 0.360 e. The smallest absolute Gasteiger partial charge is 0.278 e. The van der Waals surface area contributed by atoms with Crippen LogP contribution in [0.3, 0.4) is 0 Å². The van der Waals surface area contributed by atoms with Crippen molar-refractivity contribution in [2.75, 3.05) is 19.4 Å². The summed E-state index contributed by atoms with van der Waals surface area (Å²) in [5.74, 6) is 0.439. The Morgan fingerprint density at radius 1 is 1.14 bits per heavy atom. The van der Waals surface area contributed by atoms with Gasteiger partial charge in [-0.1, -0.05) is 54.5 Å². The lowest BCUT2D eigenvalue weighted by Crippen LogP contribution is -2.31. The van der Waals surface area contributed by atoms with Gasteiger partial charge in [0, 0.05) is 32.3 Å². The second-order valence-electron chi connectivity index (χ2n) is 9.85. The molecular weight excluding hydrogens is 490 g/mol. The standard InChI is InChI=1S/C27H29N5O4S/c1-27(20-7-5-4-6-8-20)14-13-24-23(15-27)25(30-36-24)26(33)29-21-16-28-32(18-21)17-19-9-11-22(12-10-19)37(34,35)31(2)3/h4-12,16,18H,13-15,17H2,1-3H3,(H,29,33). The zero-order valence-electron chi connectivity index (χ0n) is 21.0. The van der Waals surface area contributed by atoms with E-state index < -0.39 is 10.0 Å². The third-order valence-electron chi connectivity index (χ3n) is 6.96. The van der Waals surface area contributed by atoms with E-state index in [1.54, 1.807) is 41.3 Å². The van der Waals surface area contributed by atoms with Crippen molar-refractivity contribution in [3.05, 3.63) is 95.1 Å². The topological polar surface area (TPSA) is 110 Å². The molecule has 0 bridgehead atoms. The molecule has 1 amide bonds. The number of anilines is 1. The van der Waals surface area contributed by atoms with Crippen LogP contribution in [0.1, 0.15) is 46.3 Å². The zero-order chi connectivity index (χ0) is 26.2. The summed E-state index contributed by atoms with van der Waals surface area (Å²) in [6.45, 7) is 2.64. The van der Waals surface area contributed by atoms with Gasteiger partial charge in [0.2, 0.25) is 10.0 Å². The summed E-state index contributed by atoms with van der Waals surface area (Å²) in [6, 6.07) is 17.0. The van der Waals surface area contributed by atoms with E-state index in [0.717, 1.165) is 29.7 Å². The molecule has 1 atom stereocenters. The minimum Gasteiger partial charge on any atom is -0.360 e. The van der Waals surface area contributed by atoms with Gasteiger partial charge in [-0.15, -0.1) is 0 Å². The number of carbonyl (C=O) groups is 1. The number of nitrogens with zero attached hydrogens (tertiary/aromatic N) is 4. The molecule has 0 spiro atoms. The predicted octanol–water partition coefficient (Wildman–Crippen LogP) is 3.87. The summed E-state index contributed by atoms with van der Waals surface area (Å²) in [6.07, 6.45) is 5.63. The molecule has 0 fully saturated rings. The number of amides is 1. The van der Waals surface area contributed by atoms with Crippen LogP contribution >= 0.6 is 0 Å². The Bertz CT molecular complexity index is 1520. The van der Waals surface area contributed by atoms with Gasteiger partial charge in [-0.2, -0.15) is 5.10 Å². The first-order chi connectivity index (χ1) is 17.7. The zero-order valence-corrected chi connectivity index (χ0v) is 21.8. The SMILES string of the molecule is CN(C)S(=O)(=O)c1ccc(Cn2cc(NC(=O)c3noc4c3CC(C)(c3ccccc3)CC4)cn2)cc1. The van der Waals surface area contributed by atoms with Gasteiger partial charge in [0.1, 0.15) is 5.76 Å². The van der Waals surface area contributed by atoms with Crippen LogP contribution in [0.15, 0.2) is 76.4 Å². The lowest BCUT2D eigenvalue weighted by molar-refractivity contribution is 0.101. The molecule has 4 aromatic rings. The molecule has 1 aliphatic rings. The Balaban J connectivity index is 1.27. The summed E-state index contributed by atoms with van der Waals surface area (Å²) in [5, 5.41) is 11.3. The molecule has 0 aliphatic heterocycles. The second kappa shape index (κ2) is 9.60. The quantitative estimate of drug-likeness (QED) is 0.397. The first-order valence-corrected chi connectivity index (χ1v) is 13.5. The van der Waals surface area contributed by atoms with Crippen molar-refractivity contribution in [1.29, 1.82) is 0 Å². The number of fused-ring (bicyclic) bond motifs is 1. The number of benzene rings is 2. The lowest BCUT2D eigenvalue weighted by Gasteiger charge is -2.33. The summed E-state index contributed by atoms with van der Waals surface area (Å²) in [4.78, 5) is 13.3. The van der Waals surface area contributed by atoms with Crippen LogP contribution in [0.4, 0.5) is 5.69 Å². The third-order valence-corrected chi connectivity index (χ3v) is 8.79. The molecule has 9 nitrogen and oxygen atoms in total. The first kappa shape index (κ1) is 24.9. The van der Waals surface area contributed by atoms with Crippen LogP contribution in [0, 0.1) is 0 Å². The average molecular weight is 520 g/mol. The Kier molecular flexibility index (Phi) is 6.47. The fourth-order valence-corrected chi connectivity index (χ4v) is 5.63. The number of nitrogens with one attached hydrogen (secondary N) is 1. The van der Waals surface area contributed by atoms with Gasteiger partial charge in [-0.25, -0.2) is 12.7 Å². The molecule has 0 saturated heterocycles. The van der Waals surface area contributed by atoms with Crippen LogP contribution in [-0.4, -0.2) is 47.7 Å². The minimum absolute atomic E-state index is 0.0961. The predicted molar refractivity (Wildman–Crippen MR) is 139 cm³/mol. The molecule has 2 aromatic carbocycles. The van der Waals surface area contributed by atoms with E-state index >= 15 is 0 Å². The van der Waals surface area contributed by atoms with Crippen molar-refractivity contribution >= 4 is 21.6 Å². The van der Waals surface area contributed by atoms with Crippen molar-refractivity contribution < 1.29 is 17.7 Å². The Morgan fingerprint density at radius 3 is 2.57 bits per heavy atom. The van der Waals surface area contributed by atoms with E-state index in [1.165, 1.54) is 24.0 Å². The van der Waals surface area contributed by atoms with Gasteiger partial charge < -0.3 is 9.84 Å². The molecular formula is C27H29N5O4S. The molecule has 5 rings (SSSR count). The Labute approximate surface area is 216 Å². The maximum Gasteiger partial charge on any atom is 0.278 e. The van der Waals surface area contributed by atoms with Crippen LogP contribution < -0.4 is 5.32 Å². The monoisotopic (exact) mass is 519 g/mol. The second-order valence-corrected chi connectivity index (χ2v) is 12.0. The Morgan fingerprint density at radius 2 is 1.86 bits per heavy atom. The number of carbonyl (C=O) groups excluding carboxylic acids is 1. The van der Waals surface area contributed by atoms with E-state index in [9.17, 15) is 13.2 Å². The fraction of sp³-hybridized carbons (Fsp3) is 0.296. The molecule has 0 radical (unpaired) electrons.